The number of hydrogen-bond acceptors (Lipinski definition) is 7. The molecule has 0 aromatic rings. The Labute approximate surface area is 72.8 Å². The van der Waals surface area contributed by atoms with Gasteiger partial charge in [0.15, 0.2) is 0 Å². The second-order valence-electron chi connectivity index (χ2n) is 3.15. The van der Waals surface area contributed by atoms with Crippen molar-refractivity contribution in [3.05, 3.63) is 0 Å². The number of rotatable bonds is 1. The van der Waals surface area contributed by atoms with Gasteiger partial charge in [0, 0.05) is 0 Å². The molecule has 0 radical (unpaired) electrons. The van der Waals surface area contributed by atoms with Crippen LogP contribution in [0.15, 0.2) is 0 Å². The summed E-state index contributed by atoms with van der Waals surface area (Å²) in [6.45, 7) is -0.597. The molecule has 0 bridgehead atoms. The first-order valence-corrected chi connectivity index (χ1v) is 3.73. The first-order chi connectivity index (χ1) is 5.95. The van der Waals surface area contributed by atoms with Crippen molar-refractivity contribution in [1.29, 1.82) is 0 Å². The molecule has 5 N–H and O–H groups in total. The molecule has 13 heavy (non-hydrogen) atoms. The number of hydrogen-bond donors (Lipinski definition) is 5. The van der Waals surface area contributed by atoms with Crippen molar-refractivity contribution in [2.45, 2.75) is 30.1 Å². The quantitative estimate of drug-likeness (QED) is 0.274. The molecule has 2 rings (SSSR count). The Bertz CT molecular complexity index is 233. The maximum atomic E-state index is 9.37. The minimum atomic E-state index is -2.28. The fourth-order valence-corrected chi connectivity index (χ4v) is 1.44. The predicted molar refractivity (Wildman–Crippen MR) is 35.0 cm³/mol. The van der Waals surface area contributed by atoms with E-state index in [9.17, 15) is 15.3 Å². The molecule has 2 aliphatic heterocycles. The zero-order valence-corrected chi connectivity index (χ0v) is 6.49. The third-order valence-electron chi connectivity index (χ3n) is 2.35. The second kappa shape index (κ2) is 2.39. The first kappa shape index (κ1) is 9.28. The normalized spacial score (nSPS) is 60.2. The first-order valence-electron chi connectivity index (χ1n) is 3.73. The zero-order chi connectivity index (χ0) is 9.85. The van der Waals surface area contributed by atoms with Gasteiger partial charge in [-0.05, 0) is 0 Å². The lowest BCUT2D eigenvalue weighted by Crippen LogP contribution is -2.58. The van der Waals surface area contributed by atoms with Gasteiger partial charge in [-0.3, -0.25) is 0 Å². The van der Waals surface area contributed by atoms with Crippen molar-refractivity contribution >= 4 is 0 Å². The lowest BCUT2D eigenvalue weighted by Gasteiger charge is -2.32. The molecule has 2 aliphatic rings. The average molecular weight is 194 g/mol. The maximum Gasteiger partial charge on any atom is 0.279 e. The van der Waals surface area contributed by atoms with Crippen LogP contribution >= 0.6 is 0 Å². The van der Waals surface area contributed by atoms with E-state index in [1.54, 1.807) is 0 Å². The highest BCUT2D eigenvalue weighted by Crippen LogP contribution is 2.53. The fourth-order valence-electron chi connectivity index (χ4n) is 1.44. The number of ether oxygens (including phenoxy) is 2. The number of aliphatic hydroxyl groups excluding tert-OH is 3. The molecule has 0 spiro atoms. The SMILES string of the molecule is OC[C@H]1OC(O)[C@]2(O)O[C@]2(O)[C@@H]1O. The van der Waals surface area contributed by atoms with Gasteiger partial charge in [0.1, 0.15) is 12.2 Å². The van der Waals surface area contributed by atoms with E-state index < -0.39 is 36.7 Å². The van der Waals surface area contributed by atoms with E-state index in [1.165, 1.54) is 0 Å². The molecule has 7 nitrogen and oxygen atoms in total. The van der Waals surface area contributed by atoms with Gasteiger partial charge in [0.25, 0.3) is 11.6 Å². The Hall–Kier alpha value is -0.280. The molecule has 5 atom stereocenters. The van der Waals surface area contributed by atoms with E-state index >= 15 is 0 Å². The maximum absolute atomic E-state index is 9.37. The van der Waals surface area contributed by atoms with E-state index in [-0.39, 0.29) is 0 Å². The Morgan fingerprint density at radius 2 is 1.77 bits per heavy atom. The summed E-state index contributed by atoms with van der Waals surface area (Å²) in [5.74, 6) is -4.52. The minimum Gasteiger partial charge on any atom is -0.394 e. The summed E-state index contributed by atoms with van der Waals surface area (Å²) in [4.78, 5) is 0. The lowest BCUT2D eigenvalue weighted by molar-refractivity contribution is -0.288. The van der Waals surface area contributed by atoms with Crippen LogP contribution in [-0.2, 0) is 9.47 Å². The molecule has 7 heteroatoms. The smallest absolute Gasteiger partial charge is 0.279 e. The van der Waals surface area contributed by atoms with E-state index in [2.05, 4.69) is 9.47 Å². The van der Waals surface area contributed by atoms with Crippen molar-refractivity contribution in [3.8, 4) is 0 Å². The Morgan fingerprint density at radius 1 is 1.15 bits per heavy atom. The Kier molecular flexibility index (Phi) is 1.71. The van der Waals surface area contributed by atoms with Crippen LogP contribution in [0.25, 0.3) is 0 Å². The van der Waals surface area contributed by atoms with Crippen LogP contribution in [0.3, 0.4) is 0 Å². The molecule has 0 aliphatic carbocycles. The molecule has 2 fully saturated rings. The topological polar surface area (TPSA) is 123 Å². The monoisotopic (exact) mass is 194 g/mol. The standard InChI is InChI=1S/C6H10O7/c7-1-2-3(8)5(10)6(11,13-5)4(9)12-2/h2-4,7-11H,1H2/t2-,3-,4?,5-,6+/m1/s1. The number of epoxide rings is 1. The molecule has 76 valence electrons. The number of aliphatic hydroxyl groups is 5. The zero-order valence-electron chi connectivity index (χ0n) is 6.49. The third-order valence-corrected chi connectivity index (χ3v) is 2.35. The fraction of sp³-hybridized carbons (Fsp3) is 1.00. The van der Waals surface area contributed by atoms with E-state index in [0.717, 1.165) is 0 Å². The highest BCUT2D eigenvalue weighted by Gasteiger charge is 2.82. The summed E-state index contributed by atoms with van der Waals surface area (Å²) < 4.78 is 8.97. The van der Waals surface area contributed by atoms with Crippen molar-refractivity contribution in [2.24, 2.45) is 0 Å². The second-order valence-corrected chi connectivity index (χ2v) is 3.15. The van der Waals surface area contributed by atoms with Gasteiger partial charge in [0.05, 0.1) is 6.61 Å². The Balaban J connectivity index is 2.22. The van der Waals surface area contributed by atoms with Crippen molar-refractivity contribution in [3.63, 3.8) is 0 Å². The van der Waals surface area contributed by atoms with Crippen LogP contribution in [0.5, 0.6) is 0 Å². The van der Waals surface area contributed by atoms with Crippen LogP contribution in [0.2, 0.25) is 0 Å². The van der Waals surface area contributed by atoms with Crippen molar-refractivity contribution in [2.75, 3.05) is 6.61 Å². The molecule has 2 saturated heterocycles. The van der Waals surface area contributed by atoms with Gasteiger partial charge in [0.2, 0.25) is 6.29 Å². The van der Waals surface area contributed by atoms with Crippen LogP contribution in [0.4, 0.5) is 0 Å². The van der Waals surface area contributed by atoms with Gasteiger partial charge in [-0.15, -0.1) is 0 Å². The summed E-state index contributed by atoms with van der Waals surface area (Å²) in [7, 11) is 0. The summed E-state index contributed by atoms with van der Waals surface area (Å²) in [6, 6.07) is 0. The molecule has 1 unspecified atom stereocenters. The highest BCUT2D eigenvalue weighted by atomic mass is 16.9. The summed E-state index contributed by atoms with van der Waals surface area (Å²) in [6.07, 6.45) is -4.55. The number of fused-ring (bicyclic) bond motifs is 1. The molecular weight excluding hydrogens is 184 g/mol. The van der Waals surface area contributed by atoms with Gasteiger partial charge >= 0.3 is 0 Å². The molecule has 0 amide bonds. The van der Waals surface area contributed by atoms with E-state index in [0.29, 0.717) is 0 Å². The van der Waals surface area contributed by atoms with Crippen LogP contribution < -0.4 is 0 Å². The largest absolute Gasteiger partial charge is 0.394 e. The van der Waals surface area contributed by atoms with Crippen LogP contribution in [0.1, 0.15) is 0 Å². The van der Waals surface area contributed by atoms with Crippen LogP contribution in [-0.4, -0.2) is 62.2 Å². The van der Waals surface area contributed by atoms with E-state index in [4.69, 9.17) is 10.2 Å². The van der Waals surface area contributed by atoms with Gasteiger partial charge in [-0.25, -0.2) is 0 Å². The summed E-state index contributed by atoms with van der Waals surface area (Å²) in [5.41, 5.74) is 0. The van der Waals surface area contributed by atoms with Gasteiger partial charge in [-0.1, -0.05) is 0 Å². The highest BCUT2D eigenvalue weighted by molar-refractivity contribution is 5.12. The molecule has 0 saturated carbocycles. The Morgan fingerprint density at radius 3 is 2.31 bits per heavy atom. The molecular formula is C6H10O7. The van der Waals surface area contributed by atoms with Crippen molar-refractivity contribution in [1.82, 2.24) is 0 Å². The lowest BCUT2D eigenvalue weighted by atomic mass is 9.99. The van der Waals surface area contributed by atoms with Gasteiger partial charge < -0.3 is 35.0 Å². The average Bonchev–Trinajstić information content (AvgIpc) is 2.66. The molecule has 2 heterocycles. The van der Waals surface area contributed by atoms with Gasteiger partial charge in [-0.2, -0.15) is 0 Å². The predicted octanol–water partition coefficient (Wildman–Crippen LogP) is -3.54. The van der Waals surface area contributed by atoms with Crippen molar-refractivity contribution < 1.29 is 35.0 Å². The minimum absolute atomic E-state index is 0.597. The molecule has 0 aromatic heterocycles. The summed E-state index contributed by atoms with van der Waals surface area (Å²) >= 11 is 0. The third kappa shape index (κ3) is 0.919. The van der Waals surface area contributed by atoms with Crippen LogP contribution in [0, 0.1) is 0 Å². The van der Waals surface area contributed by atoms with E-state index in [1.807, 2.05) is 0 Å². The summed E-state index contributed by atoms with van der Waals surface area (Å²) in [5, 5.41) is 45.7. The molecule has 0 aromatic carbocycles.